The molecule has 2 amide bonds. The fourth-order valence-corrected chi connectivity index (χ4v) is 2.96. The SMILES string of the molecule is COc1ccc2[nH]cc(CCN(C)C(=O)CNC(=O)OCc3ccccc3)c2c1. The first-order valence-electron chi connectivity index (χ1n) is 9.39. The molecule has 29 heavy (non-hydrogen) atoms. The number of carbonyl (C=O) groups is 2. The highest BCUT2D eigenvalue weighted by atomic mass is 16.5. The van der Waals surface area contributed by atoms with Gasteiger partial charge in [-0.2, -0.15) is 0 Å². The summed E-state index contributed by atoms with van der Waals surface area (Å²) < 4.78 is 10.4. The molecule has 3 rings (SSSR count). The molecule has 2 aromatic carbocycles. The van der Waals surface area contributed by atoms with Crippen LogP contribution in [0.25, 0.3) is 10.9 Å². The van der Waals surface area contributed by atoms with Gasteiger partial charge in [0.15, 0.2) is 0 Å². The van der Waals surface area contributed by atoms with E-state index in [1.807, 2.05) is 54.7 Å². The molecule has 0 spiro atoms. The van der Waals surface area contributed by atoms with E-state index in [1.165, 1.54) is 0 Å². The van der Waals surface area contributed by atoms with E-state index in [-0.39, 0.29) is 19.1 Å². The Morgan fingerprint density at radius 1 is 1.14 bits per heavy atom. The molecule has 0 saturated heterocycles. The predicted octanol–water partition coefficient (Wildman–Crippen LogP) is 3.10. The minimum atomic E-state index is -0.612. The number of alkyl carbamates (subject to hydrolysis) is 1. The largest absolute Gasteiger partial charge is 0.497 e. The van der Waals surface area contributed by atoms with Crippen LogP contribution in [-0.4, -0.2) is 49.1 Å². The third kappa shape index (κ3) is 5.51. The van der Waals surface area contributed by atoms with Gasteiger partial charge in [-0.15, -0.1) is 0 Å². The number of ether oxygens (including phenoxy) is 2. The van der Waals surface area contributed by atoms with Gasteiger partial charge in [-0.3, -0.25) is 4.79 Å². The van der Waals surface area contributed by atoms with Crippen molar-refractivity contribution in [1.82, 2.24) is 15.2 Å². The van der Waals surface area contributed by atoms with Crippen molar-refractivity contribution in [2.45, 2.75) is 13.0 Å². The fourth-order valence-electron chi connectivity index (χ4n) is 2.96. The van der Waals surface area contributed by atoms with Crippen LogP contribution in [-0.2, 0) is 22.6 Å². The van der Waals surface area contributed by atoms with Crippen molar-refractivity contribution >= 4 is 22.9 Å². The Bertz CT molecular complexity index is 969. The molecule has 0 aliphatic rings. The Hall–Kier alpha value is -3.48. The summed E-state index contributed by atoms with van der Waals surface area (Å²) in [5.74, 6) is 0.611. The van der Waals surface area contributed by atoms with Crippen LogP contribution in [0.5, 0.6) is 5.75 Å². The lowest BCUT2D eigenvalue weighted by Crippen LogP contribution is -2.39. The highest BCUT2D eigenvalue weighted by Gasteiger charge is 2.13. The van der Waals surface area contributed by atoms with Crippen molar-refractivity contribution < 1.29 is 19.1 Å². The molecule has 152 valence electrons. The molecule has 0 radical (unpaired) electrons. The highest BCUT2D eigenvalue weighted by molar-refractivity contribution is 5.85. The van der Waals surface area contributed by atoms with Crippen LogP contribution < -0.4 is 10.1 Å². The summed E-state index contributed by atoms with van der Waals surface area (Å²) >= 11 is 0. The van der Waals surface area contributed by atoms with E-state index in [0.29, 0.717) is 13.0 Å². The second-order valence-electron chi connectivity index (χ2n) is 6.71. The number of nitrogens with zero attached hydrogens (tertiary/aromatic N) is 1. The maximum atomic E-state index is 12.3. The predicted molar refractivity (Wildman–Crippen MR) is 111 cm³/mol. The summed E-state index contributed by atoms with van der Waals surface area (Å²) in [5.41, 5.74) is 3.02. The van der Waals surface area contributed by atoms with Crippen molar-refractivity contribution in [3.8, 4) is 5.75 Å². The molecule has 2 N–H and O–H groups in total. The summed E-state index contributed by atoms with van der Waals surface area (Å²) in [6.45, 7) is 0.594. The van der Waals surface area contributed by atoms with E-state index in [4.69, 9.17) is 9.47 Å². The lowest BCUT2D eigenvalue weighted by molar-refractivity contribution is -0.128. The van der Waals surface area contributed by atoms with E-state index in [2.05, 4.69) is 10.3 Å². The molecular weight excluding hydrogens is 370 g/mol. The van der Waals surface area contributed by atoms with E-state index < -0.39 is 6.09 Å². The van der Waals surface area contributed by atoms with Gasteiger partial charge < -0.3 is 24.7 Å². The molecule has 7 nitrogen and oxygen atoms in total. The van der Waals surface area contributed by atoms with Gasteiger partial charge >= 0.3 is 6.09 Å². The van der Waals surface area contributed by atoms with Crippen molar-refractivity contribution in [2.75, 3.05) is 27.2 Å². The van der Waals surface area contributed by atoms with Crippen molar-refractivity contribution in [3.05, 3.63) is 65.9 Å². The van der Waals surface area contributed by atoms with Crippen molar-refractivity contribution in [2.24, 2.45) is 0 Å². The molecular formula is C22H25N3O4. The zero-order valence-electron chi connectivity index (χ0n) is 16.6. The molecule has 0 aliphatic heterocycles. The fraction of sp³-hybridized carbons (Fsp3) is 0.273. The minimum absolute atomic E-state index is 0.105. The van der Waals surface area contributed by atoms with Gasteiger partial charge in [-0.25, -0.2) is 4.79 Å². The Labute approximate surface area is 169 Å². The molecule has 1 heterocycles. The summed E-state index contributed by atoms with van der Waals surface area (Å²) in [7, 11) is 3.35. The number of likely N-dealkylation sites (N-methyl/N-ethyl adjacent to an activating group) is 1. The number of fused-ring (bicyclic) bond motifs is 1. The van der Waals surface area contributed by atoms with Crippen LogP contribution in [0.2, 0.25) is 0 Å². The van der Waals surface area contributed by atoms with Crippen LogP contribution in [0, 0.1) is 0 Å². The first-order chi connectivity index (χ1) is 14.1. The number of nitrogens with one attached hydrogen (secondary N) is 2. The normalized spacial score (nSPS) is 10.6. The second kappa shape index (κ2) is 9.64. The minimum Gasteiger partial charge on any atom is -0.497 e. The highest BCUT2D eigenvalue weighted by Crippen LogP contribution is 2.24. The average Bonchev–Trinajstić information content (AvgIpc) is 3.17. The number of rotatable bonds is 8. The number of benzene rings is 2. The second-order valence-corrected chi connectivity index (χ2v) is 6.71. The van der Waals surface area contributed by atoms with Crippen LogP contribution in [0.4, 0.5) is 4.79 Å². The monoisotopic (exact) mass is 395 g/mol. The first-order valence-corrected chi connectivity index (χ1v) is 9.39. The van der Waals surface area contributed by atoms with Gasteiger partial charge in [0.25, 0.3) is 0 Å². The number of hydrogen-bond donors (Lipinski definition) is 2. The topological polar surface area (TPSA) is 83.7 Å². The summed E-state index contributed by atoms with van der Waals surface area (Å²) in [6.07, 6.45) is 2.02. The van der Waals surface area contributed by atoms with Gasteiger partial charge in [0.1, 0.15) is 18.9 Å². The molecule has 7 heteroatoms. The Morgan fingerprint density at radius 2 is 1.93 bits per heavy atom. The van der Waals surface area contributed by atoms with Gasteiger partial charge in [-0.05, 0) is 35.7 Å². The van der Waals surface area contributed by atoms with E-state index in [0.717, 1.165) is 27.8 Å². The average molecular weight is 395 g/mol. The molecule has 0 bridgehead atoms. The molecule has 0 unspecified atom stereocenters. The number of amides is 2. The molecule has 0 fully saturated rings. The molecule has 3 aromatic rings. The number of aromatic amines is 1. The number of H-pyrrole nitrogens is 1. The van der Waals surface area contributed by atoms with Crippen molar-refractivity contribution in [3.63, 3.8) is 0 Å². The van der Waals surface area contributed by atoms with Crippen LogP contribution in [0.15, 0.2) is 54.7 Å². The number of hydrogen-bond acceptors (Lipinski definition) is 4. The lowest BCUT2D eigenvalue weighted by atomic mass is 10.1. The molecule has 0 atom stereocenters. The number of aromatic nitrogens is 1. The maximum Gasteiger partial charge on any atom is 0.407 e. The van der Waals surface area contributed by atoms with E-state index in [1.54, 1.807) is 19.1 Å². The number of methoxy groups -OCH3 is 1. The van der Waals surface area contributed by atoms with Crippen LogP contribution in [0.3, 0.4) is 0 Å². The molecule has 0 aliphatic carbocycles. The molecule has 1 aromatic heterocycles. The van der Waals surface area contributed by atoms with Crippen LogP contribution in [0.1, 0.15) is 11.1 Å². The van der Waals surface area contributed by atoms with Crippen LogP contribution >= 0.6 is 0 Å². The third-order valence-corrected chi connectivity index (χ3v) is 4.71. The van der Waals surface area contributed by atoms with Gasteiger partial charge in [0.2, 0.25) is 5.91 Å². The van der Waals surface area contributed by atoms with Gasteiger partial charge in [0.05, 0.1) is 7.11 Å². The summed E-state index contributed by atoms with van der Waals surface area (Å²) in [5, 5.41) is 3.57. The van der Waals surface area contributed by atoms with Gasteiger partial charge in [-0.1, -0.05) is 30.3 Å². The smallest absolute Gasteiger partial charge is 0.407 e. The van der Waals surface area contributed by atoms with Crippen molar-refractivity contribution in [1.29, 1.82) is 0 Å². The Balaban J connectivity index is 1.44. The zero-order chi connectivity index (χ0) is 20.6. The van der Waals surface area contributed by atoms with E-state index in [9.17, 15) is 9.59 Å². The van der Waals surface area contributed by atoms with Gasteiger partial charge in [0, 0.05) is 30.7 Å². The third-order valence-electron chi connectivity index (χ3n) is 4.71. The Morgan fingerprint density at radius 3 is 2.69 bits per heavy atom. The summed E-state index contributed by atoms with van der Waals surface area (Å²) in [6, 6.07) is 15.2. The summed E-state index contributed by atoms with van der Waals surface area (Å²) in [4.78, 5) is 28.9. The van der Waals surface area contributed by atoms with E-state index >= 15 is 0 Å². The molecule has 0 saturated carbocycles. The maximum absolute atomic E-state index is 12.3. The first kappa shape index (κ1) is 20.3. The number of carbonyl (C=O) groups excluding carboxylic acids is 2. The lowest BCUT2D eigenvalue weighted by Gasteiger charge is -2.17. The Kier molecular flexibility index (Phi) is 6.73. The quantitative estimate of drug-likeness (QED) is 0.614. The zero-order valence-corrected chi connectivity index (χ0v) is 16.6. The standard InChI is InChI=1S/C22H25N3O4/c1-25(11-10-17-13-23-20-9-8-18(28-2)12-19(17)20)21(26)14-24-22(27)29-15-16-6-4-3-5-7-16/h3-9,12-13,23H,10-11,14-15H2,1-2H3,(H,24,27).